The number of ether oxygens (including phenoxy) is 1. The normalized spacial score (nSPS) is 18.8. The number of carbonyl (C=O) groups is 1. The van der Waals surface area contributed by atoms with Crippen molar-refractivity contribution < 1.29 is 9.53 Å². The third-order valence-electron chi connectivity index (χ3n) is 7.33. The SMILES string of the molecule is COc1cccc(C2CCCN2CC(=O)Nc2ccc(N3CCN(Cc4ccccc4)CC3)cc2)c1. The van der Waals surface area contributed by atoms with E-state index in [4.69, 9.17) is 4.74 Å². The number of hydrogen-bond donors (Lipinski definition) is 1. The molecule has 0 radical (unpaired) electrons. The Kier molecular flexibility index (Phi) is 7.84. The minimum atomic E-state index is 0.0343. The molecule has 1 amide bonds. The van der Waals surface area contributed by atoms with Crippen LogP contribution in [0, 0.1) is 0 Å². The van der Waals surface area contributed by atoms with Gasteiger partial charge in [-0.1, -0.05) is 42.5 Å². The lowest BCUT2D eigenvalue weighted by Gasteiger charge is -2.36. The van der Waals surface area contributed by atoms with Gasteiger partial charge in [-0.05, 0) is 66.9 Å². The van der Waals surface area contributed by atoms with Crippen LogP contribution in [-0.2, 0) is 11.3 Å². The maximum absolute atomic E-state index is 12.8. The first kappa shape index (κ1) is 24.3. The molecule has 0 bridgehead atoms. The highest BCUT2D eigenvalue weighted by molar-refractivity contribution is 5.92. The molecular formula is C30H36N4O2. The summed E-state index contributed by atoms with van der Waals surface area (Å²) in [5, 5.41) is 3.10. The lowest BCUT2D eigenvalue weighted by molar-refractivity contribution is -0.117. The summed E-state index contributed by atoms with van der Waals surface area (Å²) in [5.74, 6) is 0.897. The average molecular weight is 485 g/mol. The van der Waals surface area contributed by atoms with E-state index in [0.29, 0.717) is 6.54 Å². The number of amides is 1. The Bertz CT molecular complexity index is 1130. The molecule has 2 aliphatic rings. The van der Waals surface area contributed by atoms with Gasteiger partial charge in [-0.15, -0.1) is 0 Å². The van der Waals surface area contributed by atoms with E-state index in [0.717, 1.165) is 63.5 Å². The number of carbonyl (C=O) groups excluding carboxylic acids is 1. The molecule has 36 heavy (non-hydrogen) atoms. The first-order valence-electron chi connectivity index (χ1n) is 13.0. The summed E-state index contributed by atoms with van der Waals surface area (Å²) >= 11 is 0. The van der Waals surface area contributed by atoms with Gasteiger partial charge < -0.3 is 15.0 Å². The zero-order valence-electron chi connectivity index (χ0n) is 21.1. The first-order chi connectivity index (χ1) is 17.7. The second-order valence-electron chi connectivity index (χ2n) is 9.75. The molecular weight excluding hydrogens is 448 g/mol. The van der Waals surface area contributed by atoms with Gasteiger partial charge >= 0.3 is 0 Å². The first-order valence-corrected chi connectivity index (χ1v) is 13.0. The molecule has 5 rings (SSSR count). The number of nitrogens with zero attached hydrogens (tertiary/aromatic N) is 3. The largest absolute Gasteiger partial charge is 0.497 e. The van der Waals surface area contributed by atoms with E-state index in [1.807, 2.05) is 24.3 Å². The summed E-state index contributed by atoms with van der Waals surface area (Å²) in [4.78, 5) is 20.1. The van der Waals surface area contributed by atoms with Gasteiger partial charge in [0, 0.05) is 50.1 Å². The van der Waals surface area contributed by atoms with Crippen molar-refractivity contribution in [2.75, 3.05) is 56.6 Å². The summed E-state index contributed by atoms with van der Waals surface area (Å²) in [6.07, 6.45) is 2.16. The van der Waals surface area contributed by atoms with Gasteiger partial charge in [0.2, 0.25) is 5.91 Å². The number of piperazine rings is 1. The molecule has 0 saturated carbocycles. The molecule has 0 aromatic heterocycles. The highest BCUT2D eigenvalue weighted by Crippen LogP contribution is 2.33. The monoisotopic (exact) mass is 484 g/mol. The van der Waals surface area contributed by atoms with Crippen LogP contribution in [0.4, 0.5) is 11.4 Å². The zero-order valence-corrected chi connectivity index (χ0v) is 21.1. The standard InChI is InChI=1S/C30H36N4O2/c1-36-28-10-5-9-25(21-28)29-11-6-16-34(29)23-30(35)31-26-12-14-27(15-13-26)33-19-17-32(18-20-33)22-24-7-3-2-4-8-24/h2-5,7-10,12-15,21,29H,6,11,16-20,22-23H2,1H3,(H,31,35). The van der Waals surface area contributed by atoms with Crippen molar-refractivity contribution in [2.45, 2.75) is 25.4 Å². The van der Waals surface area contributed by atoms with Crippen molar-refractivity contribution >= 4 is 17.3 Å². The van der Waals surface area contributed by atoms with Gasteiger partial charge in [-0.3, -0.25) is 14.6 Å². The molecule has 0 aliphatic carbocycles. The van der Waals surface area contributed by atoms with Gasteiger partial charge in [0.15, 0.2) is 0 Å². The van der Waals surface area contributed by atoms with Crippen LogP contribution in [0.15, 0.2) is 78.9 Å². The second kappa shape index (κ2) is 11.6. The number of rotatable bonds is 8. The van der Waals surface area contributed by atoms with E-state index in [2.05, 4.69) is 74.6 Å². The molecule has 3 aromatic carbocycles. The zero-order chi connectivity index (χ0) is 24.7. The molecule has 2 aliphatic heterocycles. The van der Waals surface area contributed by atoms with Crippen LogP contribution in [0.5, 0.6) is 5.75 Å². The maximum Gasteiger partial charge on any atom is 0.238 e. The molecule has 2 fully saturated rings. The molecule has 2 saturated heterocycles. The summed E-state index contributed by atoms with van der Waals surface area (Å²) in [6, 6.07) is 27.4. The van der Waals surface area contributed by atoms with Crippen LogP contribution >= 0.6 is 0 Å². The van der Waals surface area contributed by atoms with Crippen LogP contribution in [0.1, 0.15) is 30.0 Å². The molecule has 6 nitrogen and oxygen atoms in total. The average Bonchev–Trinajstić information content (AvgIpc) is 3.38. The maximum atomic E-state index is 12.8. The van der Waals surface area contributed by atoms with Crippen molar-refractivity contribution in [3.63, 3.8) is 0 Å². The summed E-state index contributed by atoms with van der Waals surface area (Å²) in [6.45, 7) is 6.47. The third-order valence-corrected chi connectivity index (χ3v) is 7.33. The van der Waals surface area contributed by atoms with Crippen LogP contribution in [0.25, 0.3) is 0 Å². The van der Waals surface area contributed by atoms with Crippen molar-refractivity contribution in [1.29, 1.82) is 0 Å². The second-order valence-corrected chi connectivity index (χ2v) is 9.75. The number of nitrogens with one attached hydrogen (secondary N) is 1. The minimum absolute atomic E-state index is 0.0343. The van der Waals surface area contributed by atoms with E-state index in [9.17, 15) is 4.79 Å². The summed E-state index contributed by atoms with van der Waals surface area (Å²) in [7, 11) is 1.69. The fourth-order valence-electron chi connectivity index (χ4n) is 5.39. The quantitative estimate of drug-likeness (QED) is 0.498. The Balaban J connectivity index is 1.11. The lowest BCUT2D eigenvalue weighted by Crippen LogP contribution is -2.45. The van der Waals surface area contributed by atoms with Crippen molar-refractivity contribution in [2.24, 2.45) is 0 Å². The topological polar surface area (TPSA) is 48.1 Å². The Morgan fingerprint density at radius 1 is 0.917 bits per heavy atom. The third kappa shape index (κ3) is 6.07. The Labute approximate surface area is 214 Å². The number of hydrogen-bond acceptors (Lipinski definition) is 5. The smallest absolute Gasteiger partial charge is 0.238 e. The highest BCUT2D eigenvalue weighted by atomic mass is 16.5. The molecule has 1 unspecified atom stereocenters. The van der Waals surface area contributed by atoms with Gasteiger partial charge in [-0.2, -0.15) is 0 Å². The summed E-state index contributed by atoms with van der Waals surface area (Å²) in [5.41, 5.74) is 4.65. The molecule has 1 atom stereocenters. The van der Waals surface area contributed by atoms with Crippen LogP contribution in [0.2, 0.25) is 0 Å². The van der Waals surface area contributed by atoms with Crippen molar-refractivity contribution in [3.8, 4) is 5.75 Å². The van der Waals surface area contributed by atoms with E-state index in [-0.39, 0.29) is 11.9 Å². The van der Waals surface area contributed by atoms with Gasteiger partial charge in [0.1, 0.15) is 5.75 Å². The van der Waals surface area contributed by atoms with Gasteiger partial charge in [-0.25, -0.2) is 0 Å². The number of likely N-dealkylation sites (tertiary alicyclic amines) is 1. The van der Waals surface area contributed by atoms with Crippen molar-refractivity contribution in [3.05, 3.63) is 90.0 Å². The van der Waals surface area contributed by atoms with Crippen LogP contribution in [0.3, 0.4) is 0 Å². The predicted molar refractivity (Wildman–Crippen MR) is 146 cm³/mol. The number of methoxy groups -OCH3 is 1. The minimum Gasteiger partial charge on any atom is -0.497 e. The van der Waals surface area contributed by atoms with Crippen LogP contribution in [-0.4, -0.2) is 62.1 Å². The van der Waals surface area contributed by atoms with E-state index in [1.165, 1.54) is 16.8 Å². The highest BCUT2D eigenvalue weighted by Gasteiger charge is 2.28. The molecule has 188 valence electrons. The fourth-order valence-corrected chi connectivity index (χ4v) is 5.39. The number of benzene rings is 3. The fraction of sp³-hybridized carbons (Fsp3) is 0.367. The van der Waals surface area contributed by atoms with Crippen LogP contribution < -0.4 is 15.0 Å². The molecule has 2 heterocycles. The van der Waals surface area contributed by atoms with E-state index >= 15 is 0 Å². The Morgan fingerprint density at radius 2 is 1.69 bits per heavy atom. The number of anilines is 2. The Hall–Kier alpha value is -3.35. The predicted octanol–water partition coefficient (Wildman–Crippen LogP) is 4.79. The molecule has 1 N–H and O–H groups in total. The van der Waals surface area contributed by atoms with E-state index in [1.54, 1.807) is 7.11 Å². The van der Waals surface area contributed by atoms with Crippen molar-refractivity contribution in [1.82, 2.24) is 9.80 Å². The molecule has 6 heteroatoms. The van der Waals surface area contributed by atoms with Gasteiger partial charge in [0.25, 0.3) is 0 Å². The molecule has 0 spiro atoms. The summed E-state index contributed by atoms with van der Waals surface area (Å²) < 4.78 is 5.39. The lowest BCUT2D eigenvalue weighted by atomic mass is 10.0. The molecule has 3 aromatic rings. The van der Waals surface area contributed by atoms with Gasteiger partial charge in [0.05, 0.1) is 13.7 Å². The van der Waals surface area contributed by atoms with E-state index < -0.39 is 0 Å². The Morgan fingerprint density at radius 3 is 2.44 bits per heavy atom.